The van der Waals surface area contributed by atoms with E-state index in [0.717, 1.165) is 25.7 Å². The molecule has 4 nitrogen and oxygen atoms in total. The first-order chi connectivity index (χ1) is 11.8. The third kappa shape index (κ3) is 7.16. The monoisotopic (exact) mass is 330 g/mol. The molecular formula is C20H30N2O2. The van der Waals surface area contributed by atoms with Crippen LogP contribution in [0.1, 0.15) is 70.6 Å². The molecule has 0 atom stereocenters. The van der Waals surface area contributed by atoms with Crippen LogP contribution in [0.4, 0.5) is 5.69 Å². The number of benzene rings is 1. The molecular weight excluding hydrogens is 300 g/mol. The van der Waals surface area contributed by atoms with E-state index in [9.17, 15) is 9.59 Å². The quantitative estimate of drug-likeness (QED) is 0.789. The Morgan fingerprint density at radius 1 is 0.708 bits per heavy atom. The van der Waals surface area contributed by atoms with Gasteiger partial charge in [-0.3, -0.25) is 9.59 Å². The standard InChI is InChI=1S/C20H30N2O2/c23-19(20(24)22-18-15-11-8-12-16-18)21-17-13-9-6-4-2-1-3-5-7-10-14-17/h8,11-12,15-17H,1-7,9-10,13-14H2,(H,21,23)(H,22,24). The van der Waals surface area contributed by atoms with E-state index >= 15 is 0 Å². The van der Waals surface area contributed by atoms with Crippen molar-refractivity contribution in [3.8, 4) is 0 Å². The van der Waals surface area contributed by atoms with E-state index in [1.807, 2.05) is 18.2 Å². The second-order valence-corrected chi connectivity index (χ2v) is 6.75. The van der Waals surface area contributed by atoms with Crippen LogP contribution < -0.4 is 10.6 Å². The number of anilines is 1. The van der Waals surface area contributed by atoms with Crippen LogP contribution in [-0.2, 0) is 9.59 Å². The van der Waals surface area contributed by atoms with Crippen molar-refractivity contribution in [2.24, 2.45) is 0 Å². The SMILES string of the molecule is O=C(Nc1ccccc1)C(=O)NC1CCCCCCCCCCC1. The summed E-state index contributed by atoms with van der Waals surface area (Å²) in [6, 6.07) is 9.22. The highest BCUT2D eigenvalue weighted by atomic mass is 16.2. The maximum Gasteiger partial charge on any atom is 0.313 e. The second kappa shape index (κ2) is 10.8. The summed E-state index contributed by atoms with van der Waals surface area (Å²) in [7, 11) is 0. The summed E-state index contributed by atoms with van der Waals surface area (Å²) >= 11 is 0. The molecule has 2 rings (SSSR count). The number of para-hydroxylation sites is 1. The van der Waals surface area contributed by atoms with Crippen molar-refractivity contribution in [2.45, 2.75) is 76.7 Å². The van der Waals surface area contributed by atoms with E-state index in [1.54, 1.807) is 12.1 Å². The molecule has 1 aromatic rings. The number of hydrogen-bond acceptors (Lipinski definition) is 2. The highest BCUT2D eigenvalue weighted by Crippen LogP contribution is 2.17. The van der Waals surface area contributed by atoms with Gasteiger partial charge in [0.25, 0.3) is 0 Å². The van der Waals surface area contributed by atoms with Crippen LogP contribution >= 0.6 is 0 Å². The lowest BCUT2D eigenvalue weighted by atomic mass is 9.98. The summed E-state index contributed by atoms with van der Waals surface area (Å²) in [6.07, 6.45) is 13.3. The summed E-state index contributed by atoms with van der Waals surface area (Å²) in [5.74, 6) is -1.09. The van der Waals surface area contributed by atoms with E-state index in [0.29, 0.717) is 5.69 Å². The lowest BCUT2D eigenvalue weighted by molar-refractivity contribution is -0.136. The Hall–Kier alpha value is -1.84. The molecule has 0 spiro atoms. The van der Waals surface area contributed by atoms with Gasteiger partial charge >= 0.3 is 11.8 Å². The van der Waals surface area contributed by atoms with E-state index in [-0.39, 0.29) is 6.04 Å². The average molecular weight is 330 g/mol. The first-order valence-corrected chi connectivity index (χ1v) is 9.42. The topological polar surface area (TPSA) is 58.2 Å². The molecule has 0 aliphatic heterocycles. The Morgan fingerprint density at radius 3 is 1.75 bits per heavy atom. The van der Waals surface area contributed by atoms with Gasteiger partial charge in [0.15, 0.2) is 0 Å². The Bertz CT molecular complexity index is 490. The Kier molecular flexibility index (Phi) is 8.36. The third-order valence-corrected chi connectivity index (χ3v) is 4.68. The minimum atomic E-state index is -0.577. The molecule has 2 amide bonds. The van der Waals surface area contributed by atoms with Gasteiger partial charge in [-0.2, -0.15) is 0 Å². The van der Waals surface area contributed by atoms with Gasteiger partial charge in [0.05, 0.1) is 0 Å². The fraction of sp³-hybridized carbons (Fsp3) is 0.600. The van der Waals surface area contributed by atoms with Crippen LogP contribution in [0.2, 0.25) is 0 Å². The summed E-state index contributed by atoms with van der Waals surface area (Å²) in [4.78, 5) is 24.2. The molecule has 0 saturated heterocycles. The van der Waals surface area contributed by atoms with Crippen molar-refractivity contribution in [3.63, 3.8) is 0 Å². The van der Waals surface area contributed by atoms with Crippen LogP contribution in [0, 0.1) is 0 Å². The molecule has 1 aliphatic rings. The van der Waals surface area contributed by atoms with E-state index < -0.39 is 11.8 Å². The molecule has 132 valence electrons. The molecule has 0 unspecified atom stereocenters. The molecule has 4 heteroatoms. The van der Waals surface area contributed by atoms with Crippen molar-refractivity contribution >= 4 is 17.5 Å². The highest BCUT2D eigenvalue weighted by Gasteiger charge is 2.18. The second-order valence-electron chi connectivity index (χ2n) is 6.75. The van der Waals surface area contributed by atoms with Crippen molar-refractivity contribution in [3.05, 3.63) is 30.3 Å². The van der Waals surface area contributed by atoms with E-state index in [2.05, 4.69) is 10.6 Å². The summed E-state index contributed by atoms with van der Waals surface area (Å²) in [6.45, 7) is 0. The minimum absolute atomic E-state index is 0.124. The predicted molar refractivity (Wildman–Crippen MR) is 97.8 cm³/mol. The molecule has 1 saturated carbocycles. The molecule has 24 heavy (non-hydrogen) atoms. The zero-order valence-corrected chi connectivity index (χ0v) is 14.6. The van der Waals surface area contributed by atoms with Crippen LogP contribution in [0.25, 0.3) is 0 Å². The van der Waals surface area contributed by atoms with Gasteiger partial charge in [0.2, 0.25) is 0 Å². The van der Waals surface area contributed by atoms with Crippen molar-refractivity contribution < 1.29 is 9.59 Å². The zero-order chi connectivity index (χ0) is 17.0. The van der Waals surface area contributed by atoms with Crippen molar-refractivity contribution in [1.82, 2.24) is 5.32 Å². The lowest BCUT2D eigenvalue weighted by Gasteiger charge is -2.19. The predicted octanol–water partition coefficient (Wildman–Crippen LogP) is 4.41. The molecule has 0 aromatic heterocycles. The number of carbonyl (C=O) groups excluding carboxylic acids is 2. The lowest BCUT2D eigenvalue weighted by Crippen LogP contribution is -2.41. The van der Waals surface area contributed by atoms with Gasteiger partial charge in [-0.1, -0.05) is 76.0 Å². The number of carbonyl (C=O) groups is 2. The fourth-order valence-electron chi connectivity index (χ4n) is 3.27. The summed E-state index contributed by atoms with van der Waals surface area (Å²) in [5, 5.41) is 5.59. The summed E-state index contributed by atoms with van der Waals surface area (Å²) < 4.78 is 0. The Labute approximate surface area is 145 Å². The molecule has 0 heterocycles. The Balaban J connectivity index is 1.81. The number of rotatable bonds is 2. The van der Waals surface area contributed by atoms with Gasteiger partial charge in [-0.15, -0.1) is 0 Å². The number of nitrogens with one attached hydrogen (secondary N) is 2. The molecule has 1 aromatic carbocycles. The van der Waals surface area contributed by atoms with Gasteiger partial charge < -0.3 is 10.6 Å². The van der Waals surface area contributed by atoms with Crippen LogP contribution in [0.3, 0.4) is 0 Å². The third-order valence-electron chi connectivity index (χ3n) is 4.68. The number of amides is 2. The first kappa shape index (κ1) is 18.5. The summed E-state index contributed by atoms with van der Waals surface area (Å²) in [5.41, 5.74) is 0.649. The molecule has 1 fully saturated rings. The molecule has 0 radical (unpaired) electrons. The molecule has 1 aliphatic carbocycles. The van der Waals surface area contributed by atoms with Gasteiger partial charge in [0, 0.05) is 11.7 Å². The van der Waals surface area contributed by atoms with Gasteiger partial charge in [-0.25, -0.2) is 0 Å². The maximum atomic E-state index is 12.2. The first-order valence-electron chi connectivity index (χ1n) is 9.42. The normalized spacial score (nSPS) is 18.0. The highest BCUT2D eigenvalue weighted by molar-refractivity contribution is 6.39. The fourth-order valence-corrected chi connectivity index (χ4v) is 3.27. The van der Waals surface area contributed by atoms with Gasteiger partial charge in [0.1, 0.15) is 0 Å². The molecule has 2 N–H and O–H groups in total. The van der Waals surface area contributed by atoms with Gasteiger partial charge in [-0.05, 0) is 25.0 Å². The zero-order valence-electron chi connectivity index (χ0n) is 14.6. The number of hydrogen-bond donors (Lipinski definition) is 2. The minimum Gasteiger partial charge on any atom is -0.345 e. The largest absolute Gasteiger partial charge is 0.345 e. The van der Waals surface area contributed by atoms with Crippen molar-refractivity contribution in [2.75, 3.05) is 5.32 Å². The van der Waals surface area contributed by atoms with Crippen LogP contribution in [0.5, 0.6) is 0 Å². The Morgan fingerprint density at radius 2 is 1.21 bits per heavy atom. The average Bonchev–Trinajstić information content (AvgIpc) is 2.58. The van der Waals surface area contributed by atoms with Crippen LogP contribution in [-0.4, -0.2) is 17.9 Å². The van der Waals surface area contributed by atoms with Crippen molar-refractivity contribution in [1.29, 1.82) is 0 Å². The van der Waals surface area contributed by atoms with Crippen LogP contribution in [0.15, 0.2) is 30.3 Å². The molecule has 0 bridgehead atoms. The van der Waals surface area contributed by atoms with E-state index in [4.69, 9.17) is 0 Å². The maximum absolute atomic E-state index is 12.2. The van der Waals surface area contributed by atoms with E-state index in [1.165, 1.54) is 44.9 Å². The smallest absolute Gasteiger partial charge is 0.313 e.